The molecule has 6 heteroatoms. The zero-order valence-corrected chi connectivity index (χ0v) is 21.6. The molecule has 1 heterocycles. The van der Waals surface area contributed by atoms with Crippen LogP contribution in [-0.4, -0.2) is 47.9 Å². The van der Waals surface area contributed by atoms with E-state index in [1.54, 1.807) is 9.80 Å². The van der Waals surface area contributed by atoms with Crippen molar-refractivity contribution >= 4 is 22.6 Å². The van der Waals surface area contributed by atoms with Crippen LogP contribution in [-0.2, 0) is 22.6 Å². The molecule has 0 aliphatic rings. The van der Waals surface area contributed by atoms with E-state index >= 15 is 0 Å². The highest BCUT2D eigenvalue weighted by Gasteiger charge is 2.23. The molecule has 0 fully saturated rings. The molecule has 0 unspecified atom stereocenters. The summed E-state index contributed by atoms with van der Waals surface area (Å²) in [4.78, 5) is 30.7. The molecule has 0 aliphatic heterocycles. The Balaban J connectivity index is 1.55. The van der Waals surface area contributed by atoms with Gasteiger partial charge in [-0.1, -0.05) is 60.7 Å². The monoisotopic (exact) mass is 498 g/mol. The van der Waals surface area contributed by atoms with E-state index in [9.17, 15) is 9.59 Å². The van der Waals surface area contributed by atoms with Crippen LogP contribution < -0.4 is 0 Å². The molecule has 4 rings (SSSR count). The van der Waals surface area contributed by atoms with Crippen molar-refractivity contribution in [1.82, 2.24) is 9.80 Å². The Morgan fingerprint density at radius 2 is 1.59 bits per heavy atom. The largest absolute Gasteiger partial charge is 0.464 e. The minimum atomic E-state index is -0.163. The third kappa shape index (κ3) is 7.30. The topological polar surface area (TPSA) is 63.0 Å². The molecule has 0 saturated heterocycles. The first kappa shape index (κ1) is 26.2. The second kappa shape index (κ2) is 12.9. The predicted molar refractivity (Wildman–Crippen MR) is 145 cm³/mol. The van der Waals surface area contributed by atoms with Gasteiger partial charge in [0.2, 0.25) is 5.91 Å². The summed E-state index contributed by atoms with van der Waals surface area (Å²) in [6.07, 6.45) is 0.649. The van der Waals surface area contributed by atoms with Crippen LogP contribution in [0, 0.1) is 6.92 Å². The summed E-state index contributed by atoms with van der Waals surface area (Å²) in [5.41, 5.74) is 1.59. The zero-order chi connectivity index (χ0) is 26.0. The maximum atomic E-state index is 13.7. The van der Waals surface area contributed by atoms with Gasteiger partial charge in [0, 0.05) is 31.9 Å². The van der Waals surface area contributed by atoms with Crippen LogP contribution in [0.5, 0.6) is 0 Å². The molecule has 3 aromatic carbocycles. The number of nitrogens with zero attached hydrogens (tertiary/aromatic N) is 2. The minimum absolute atomic E-state index is 0.0235. The van der Waals surface area contributed by atoms with Gasteiger partial charge in [0.1, 0.15) is 18.1 Å². The van der Waals surface area contributed by atoms with Crippen molar-refractivity contribution in [3.63, 3.8) is 0 Å². The summed E-state index contributed by atoms with van der Waals surface area (Å²) in [5.74, 6) is 1.21. The Morgan fingerprint density at radius 1 is 0.838 bits per heavy atom. The van der Waals surface area contributed by atoms with Crippen LogP contribution in [0.15, 0.2) is 89.3 Å². The second-order valence-electron chi connectivity index (χ2n) is 9.09. The Bertz CT molecular complexity index is 1320. The molecular formula is C31H34N2O4. The number of aryl methyl sites for hydroxylation is 1. The summed E-state index contributed by atoms with van der Waals surface area (Å²) in [7, 11) is 0. The van der Waals surface area contributed by atoms with Crippen LogP contribution in [0.2, 0.25) is 0 Å². The lowest BCUT2D eigenvalue weighted by Crippen LogP contribution is -2.43. The fraction of sp³-hybridized carbons (Fsp3) is 0.290. The van der Waals surface area contributed by atoms with Gasteiger partial charge in [-0.3, -0.25) is 9.59 Å². The number of carbonyl (C=O) groups is 2. The average molecular weight is 499 g/mol. The Morgan fingerprint density at radius 3 is 2.32 bits per heavy atom. The van der Waals surface area contributed by atoms with Crippen molar-refractivity contribution in [3.05, 3.63) is 108 Å². The van der Waals surface area contributed by atoms with Gasteiger partial charge in [0.15, 0.2) is 0 Å². The van der Waals surface area contributed by atoms with Gasteiger partial charge < -0.3 is 19.0 Å². The third-order valence-electron chi connectivity index (χ3n) is 6.24. The minimum Gasteiger partial charge on any atom is -0.464 e. The van der Waals surface area contributed by atoms with Crippen molar-refractivity contribution < 1.29 is 18.7 Å². The van der Waals surface area contributed by atoms with Crippen molar-refractivity contribution in [2.75, 3.05) is 26.3 Å². The van der Waals surface area contributed by atoms with E-state index in [4.69, 9.17) is 9.15 Å². The lowest BCUT2D eigenvalue weighted by molar-refractivity contribution is -0.133. The first-order chi connectivity index (χ1) is 18.0. The van der Waals surface area contributed by atoms with Gasteiger partial charge in [-0.15, -0.1) is 0 Å². The quantitative estimate of drug-likeness (QED) is 0.230. The summed E-state index contributed by atoms with van der Waals surface area (Å²) in [6, 6.07) is 27.2. The molecule has 4 aromatic rings. The van der Waals surface area contributed by atoms with E-state index in [0.717, 1.165) is 22.1 Å². The maximum absolute atomic E-state index is 13.7. The second-order valence-corrected chi connectivity index (χ2v) is 9.09. The van der Waals surface area contributed by atoms with Crippen LogP contribution in [0.1, 0.15) is 40.8 Å². The molecule has 0 aliphatic carbocycles. The Labute approximate surface area is 218 Å². The molecule has 0 N–H and O–H groups in total. The number of benzene rings is 3. The molecular weight excluding hydrogens is 464 g/mol. The number of hydrogen-bond donors (Lipinski definition) is 0. The van der Waals surface area contributed by atoms with Gasteiger partial charge in [-0.05, 0) is 60.9 Å². The standard InChI is InChI=1S/C31H34N2O4/c1-3-36-19-9-18-32(31(35)28-16-15-26-12-7-8-13-27(26)20-28)23-30(34)33(21-25-10-5-4-6-11-25)22-29-17-14-24(2)37-29/h4-8,10-17,20H,3,9,18-19,21-23H2,1-2H3. The number of carbonyl (C=O) groups excluding carboxylic acids is 2. The predicted octanol–water partition coefficient (Wildman–Crippen LogP) is 5.84. The first-order valence-electron chi connectivity index (χ1n) is 12.8. The molecule has 0 saturated carbocycles. The van der Waals surface area contributed by atoms with Gasteiger partial charge in [0.05, 0.1) is 6.54 Å². The highest BCUT2D eigenvalue weighted by atomic mass is 16.5. The molecule has 1 aromatic heterocycles. The van der Waals surface area contributed by atoms with E-state index in [2.05, 4.69) is 0 Å². The number of hydrogen-bond acceptors (Lipinski definition) is 4. The van der Waals surface area contributed by atoms with Gasteiger partial charge >= 0.3 is 0 Å². The molecule has 0 atom stereocenters. The molecule has 2 amide bonds. The molecule has 0 radical (unpaired) electrons. The van der Waals surface area contributed by atoms with Crippen molar-refractivity contribution in [2.45, 2.75) is 33.4 Å². The number of ether oxygens (including phenoxy) is 1. The third-order valence-corrected chi connectivity index (χ3v) is 6.24. The lowest BCUT2D eigenvalue weighted by Gasteiger charge is -2.27. The van der Waals surface area contributed by atoms with Gasteiger partial charge in [0.25, 0.3) is 5.91 Å². The van der Waals surface area contributed by atoms with Gasteiger partial charge in [-0.25, -0.2) is 0 Å². The number of amides is 2. The molecule has 192 valence electrons. The van der Waals surface area contributed by atoms with Crippen molar-refractivity contribution in [1.29, 1.82) is 0 Å². The SMILES string of the molecule is CCOCCCN(CC(=O)N(Cc1ccccc1)Cc1ccc(C)o1)C(=O)c1ccc2ccccc2c1. The van der Waals surface area contributed by atoms with Gasteiger partial charge in [-0.2, -0.15) is 0 Å². The normalized spacial score (nSPS) is 11.0. The first-order valence-corrected chi connectivity index (χ1v) is 12.8. The zero-order valence-electron chi connectivity index (χ0n) is 21.6. The average Bonchev–Trinajstić information content (AvgIpc) is 3.34. The number of fused-ring (bicyclic) bond motifs is 1. The van der Waals surface area contributed by atoms with Crippen LogP contribution >= 0.6 is 0 Å². The van der Waals surface area contributed by atoms with E-state index in [1.807, 2.05) is 98.8 Å². The fourth-order valence-corrected chi connectivity index (χ4v) is 4.32. The summed E-state index contributed by atoms with van der Waals surface area (Å²) < 4.78 is 11.3. The highest BCUT2D eigenvalue weighted by molar-refractivity contribution is 6.00. The lowest BCUT2D eigenvalue weighted by atomic mass is 10.1. The van der Waals surface area contributed by atoms with E-state index in [0.29, 0.717) is 50.6 Å². The van der Waals surface area contributed by atoms with Crippen LogP contribution in [0.25, 0.3) is 10.8 Å². The Hall–Kier alpha value is -3.90. The molecule has 0 bridgehead atoms. The molecule has 37 heavy (non-hydrogen) atoms. The fourth-order valence-electron chi connectivity index (χ4n) is 4.32. The molecule has 0 spiro atoms. The van der Waals surface area contributed by atoms with E-state index < -0.39 is 0 Å². The summed E-state index contributed by atoms with van der Waals surface area (Å²) in [6.45, 7) is 6.14. The smallest absolute Gasteiger partial charge is 0.254 e. The highest BCUT2D eigenvalue weighted by Crippen LogP contribution is 2.18. The molecule has 6 nitrogen and oxygen atoms in total. The van der Waals surface area contributed by atoms with E-state index in [-0.39, 0.29) is 18.4 Å². The van der Waals surface area contributed by atoms with Crippen molar-refractivity contribution in [2.24, 2.45) is 0 Å². The van der Waals surface area contributed by atoms with Crippen LogP contribution in [0.3, 0.4) is 0 Å². The summed E-state index contributed by atoms with van der Waals surface area (Å²) >= 11 is 0. The maximum Gasteiger partial charge on any atom is 0.254 e. The summed E-state index contributed by atoms with van der Waals surface area (Å²) in [5, 5.41) is 2.06. The van der Waals surface area contributed by atoms with Crippen LogP contribution in [0.4, 0.5) is 0 Å². The van der Waals surface area contributed by atoms with E-state index in [1.165, 1.54) is 0 Å². The van der Waals surface area contributed by atoms with Crippen molar-refractivity contribution in [3.8, 4) is 0 Å². The Kier molecular flexibility index (Phi) is 9.11. The number of furan rings is 1. The number of rotatable bonds is 12.